The smallest absolute Gasteiger partial charge is 0.191 e. The molecule has 0 saturated carbocycles. The van der Waals surface area contributed by atoms with Gasteiger partial charge in [0, 0.05) is 26.2 Å². The Morgan fingerprint density at radius 3 is 2.53 bits per heavy atom. The Kier molecular flexibility index (Phi) is 7.21. The van der Waals surface area contributed by atoms with Crippen molar-refractivity contribution < 1.29 is 5.11 Å². The normalized spacial score (nSPS) is 20.1. The van der Waals surface area contributed by atoms with E-state index in [2.05, 4.69) is 30.7 Å². The molecule has 112 valence electrons. The number of rotatable bonds is 6. The van der Waals surface area contributed by atoms with Gasteiger partial charge in [-0.2, -0.15) is 0 Å². The molecular weight excluding hydrogens is 238 g/mol. The molecule has 0 aliphatic carbocycles. The van der Waals surface area contributed by atoms with Gasteiger partial charge in [0.05, 0.1) is 0 Å². The maximum atomic E-state index is 9.10. The third-order valence-corrected chi connectivity index (χ3v) is 3.96. The summed E-state index contributed by atoms with van der Waals surface area (Å²) in [6.07, 6.45) is 4.35. The van der Waals surface area contributed by atoms with Gasteiger partial charge in [-0.15, -0.1) is 0 Å². The standard InChI is InChI=1S/C15H31N3O/c1-12(2)10-14(6-9-19)11-17-15(16)18-7-4-13(3)5-8-18/h12-14,19H,4-11H2,1-3H3,(H2,16,17). The molecule has 0 aromatic carbocycles. The van der Waals surface area contributed by atoms with Crippen LogP contribution in [0.4, 0.5) is 0 Å². The second kappa shape index (κ2) is 8.41. The number of likely N-dealkylation sites (tertiary alicyclic amines) is 1. The molecule has 1 fully saturated rings. The van der Waals surface area contributed by atoms with Gasteiger partial charge in [-0.05, 0) is 43.4 Å². The quantitative estimate of drug-likeness (QED) is 0.573. The van der Waals surface area contributed by atoms with E-state index >= 15 is 0 Å². The lowest BCUT2D eigenvalue weighted by Gasteiger charge is -2.31. The Bertz CT molecular complexity index is 271. The molecule has 0 aromatic heterocycles. The molecule has 0 spiro atoms. The minimum atomic E-state index is 0.244. The Morgan fingerprint density at radius 2 is 2.00 bits per heavy atom. The van der Waals surface area contributed by atoms with Gasteiger partial charge in [-0.1, -0.05) is 20.8 Å². The SMILES string of the molecule is CC(C)CC(CCO)CN=C(N)N1CCC(C)CC1. The van der Waals surface area contributed by atoms with Crippen molar-refractivity contribution in [2.45, 2.75) is 46.5 Å². The average Bonchev–Trinajstić information content (AvgIpc) is 2.36. The van der Waals surface area contributed by atoms with E-state index in [4.69, 9.17) is 10.8 Å². The highest BCUT2D eigenvalue weighted by molar-refractivity contribution is 5.78. The Balaban J connectivity index is 2.43. The fraction of sp³-hybridized carbons (Fsp3) is 0.933. The van der Waals surface area contributed by atoms with Crippen LogP contribution in [-0.2, 0) is 0 Å². The lowest BCUT2D eigenvalue weighted by Crippen LogP contribution is -2.42. The molecular formula is C15H31N3O. The van der Waals surface area contributed by atoms with E-state index in [1.165, 1.54) is 12.8 Å². The summed E-state index contributed by atoms with van der Waals surface area (Å²) in [6, 6.07) is 0. The molecule has 1 aliphatic rings. The largest absolute Gasteiger partial charge is 0.396 e. The van der Waals surface area contributed by atoms with Crippen LogP contribution in [0.1, 0.15) is 46.5 Å². The zero-order valence-electron chi connectivity index (χ0n) is 12.8. The van der Waals surface area contributed by atoms with E-state index in [-0.39, 0.29) is 6.61 Å². The number of aliphatic imine (C=N–C) groups is 1. The van der Waals surface area contributed by atoms with Crippen LogP contribution >= 0.6 is 0 Å². The van der Waals surface area contributed by atoms with Crippen molar-refractivity contribution in [2.24, 2.45) is 28.5 Å². The molecule has 1 heterocycles. The van der Waals surface area contributed by atoms with Crippen LogP contribution in [0.2, 0.25) is 0 Å². The molecule has 0 radical (unpaired) electrons. The van der Waals surface area contributed by atoms with Crippen molar-refractivity contribution in [2.75, 3.05) is 26.2 Å². The van der Waals surface area contributed by atoms with Crippen molar-refractivity contribution in [1.82, 2.24) is 4.90 Å². The number of nitrogens with two attached hydrogens (primary N) is 1. The van der Waals surface area contributed by atoms with Gasteiger partial charge in [0.15, 0.2) is 5.96 Å². The molecule has 1 atom stereocenters. The highest BCUT2D eigenvalue weighted by Gasteiger charge is 2.17. The summed E-state index contributed by atoms with van der Waals surface area (Å²) in [7, 11) is 0. The van der Waals surface area contributed by atoms with Gasteiger partial charge in [-0.3, -0.25) is 4.99 Å². The van der Waals surface area contributed by atoms with E-state index in [9.17, 15) is 0 Å². The second-order valence-corrected chi connectivity index (χ2v) is 6.38. The van der Waals surface area contributed by atoms with Crippen LogP contribution in [0.15, 0.2) is 4.99 Å². The van der Waals surface area contributed by atoms with E-state index in [1.54, 1.807) is 0 Å². The summed E-state index contributed by atoms with van der Waals surface area (Å²) in [4.78, 5) is 6.75. The van der Waals surface area contributed by atoms with Gasteiger partial charge in [0.1, 0.15) is 0 Å². The number of nitrogens with zero attached hydrogens (tertiary/aromatic N) is 2. The molecule has 1 aliphatic heterocycles. The van der Waals surface area contributed by atoms with Crippen LogP contribution in [0.25, 0.3) is 0 Å². The molecule has 0 bridgehead atoms. The van der Waals surface area contributed by atoms with Crippen LogP contribution in [-0.4, -0.2) is 42.2 Å². The van der Waals surface area contributed by atoms with Crippen molar-refractivity contribution in [3.63, 3.8) is 0 Å². The van der Waals surface area contributed by atoms with Gasteiger partial charge in [0.25, 0.3) is 0 Å². The van der Waals surface area contributed by atoms with Gasteiger partial charge in [-0.25, -0.2) is 0 Å². The van der Waals surface area contributed by atoms with E-state index < -0.39 is 0 Å². The topological polar surface area (TPSA) is 61.9 Å². The van der Waals surface area contributed by atoms with Crippen molar-refractivity contribution in [3.8, 4) is 0 Å². The molecule has 1 rings (SSSR count). The molecule has 3 N–H and O–H groups in total. The first kappa shape index (κ1) is 16.3. The van der Waals surface area contributed by atoms with Crippen molar-refractivity contribution >= 4 is 5.96 Å². The van der Waals surface area contributed by atoms with E-state index in [1.807, 2.05) is 0 Å². The highest BCUT2D eigenvalue weighted by Crippen LogP contribution is 2.17. The number of piperidine rings is 1. The first-order chi connectivity index (χ1) is 9.02. The third-order valence-electron chi connectivity index (χ3n) is 3.96. The summed E-state index contributed by atoms with van der Waals surface area (Å²) in [6.45, 7) is 9.78. The highest BCUT2D eigenvalue weighted by atomic mass is 16.3. The van der Waals surface area contributed by atoms with Gasteiger partial charge in [0.2, 0.25) is 0 Å². The fourth-order valence-electron chi connectivity index (χ4n) is 2.69. The number of hydrogen-bond acceptors (Lipinski definition) is 2. The van der Waals surface area contributed by atoms with Crippen LogP contribution in [0.5, 0.6) is 0 Å². The molecule has 1 unspecified atom stereocenters. The minimum Gasteiger partial charge on any atom is -0.396 e. The molecule has 19 heavy (non-hydrogen) atoms. The van der Waals surface area contributed by atoms with Crippen molar-refractivity contribution in [3.05, 3.63) is 0 Å². The zero-order valence-corrected chi connectivity index (χ0v) is 12.8. The fourth-order valence-corrected chi connectivity index (χ4v) is 2.69. The lowest BCUT2D eigenvalue weighted by atomic mass is 9.94. The van der Waals surface area contributed by atoms with Crippen LogP contribution in [0, 0.1) is 17.8 Å². The predicted molar refractivity (Wildman–Crippen MR) is 81.1 cm³/mol. The monoisotopic (exact) mass is 269 g/mol. The molecule has 0 aromatic rings. The molecule has 0 amide bonds. The summed E-state index contributed by atoms with van der Waals surface area (Å²) in [5.74, 6) is 2.60. The van der Waals surface area contributed by atoms with Crippen LogP contribution < -0.4 is 5.73 Å². The average molecular weight is 269 g/mol. The number of aliphatic hydroxyl groups excluding tert-OH is 1. The first-order valence-corrected chi connectivity index (χ1v) is 7.68. The number of aliphatic hydroxyl groups is 1. The number of hydrogen-bond donors (Lipinski definition) is 2. The maximum absolute atomic E-state index is 9.10. The lowest BCUT2D eigenvalue weighted by molar-refractivity contribution is 0.244. The van der Waals surface area contributed by atoms with Gasteiger partial charge >= 0.3 is 0 Å². The van der Waals surface area contributed by atoms with E-state index in [0.29, 0.717) is 17.8 Å². The van der Waals surface area contributed by atoms with Crippen molar-refractivity contribution in [1.29, 1.82) is 0 Å². The second-order valence-electron chi connectivity index (χ2n) is 6.38. The van der Waals surface area contributed by atoms with E-state index in [0.717, 1.165) is 38.4 Å². The first-order valence-electron chi connectivity index (χ1n) is 7.68. The molecule has 1 saturated heterocycles. The predicted octanol–water partition coefficient (Wildman–Crippen LogP) is 2.08. The van der Waals surface area contributed by atoms with Crippen LogP contribution in [0.3, 0.4) is 0 Å². The molecule has 4 nitrogen and oxygen atoms in total. The summed E-state index contributed by atoms with van der Waals surface area (Å²) >= 11 is 0. The third kappa shape index (κ3) is 6.28. The summed E-state index contributed by atoms with van der Waals surface area (Å²) in [5, 5.41) is 9.10. The maximum Gasteiger partial charge on any atom is 0.191 e. The Hall–Kier alpha value is -0.770. The zero-order chi connectivity index (χ0) is 14.3. The Labute approximate surface area is 118 Å². The Morgan fingerprint density at radius 1 is 1.37 bits per heavy atom. The van der Waals surface area contributed by atoms with Gasteiger partial charge < -0.3 is 15.7 Å². The summed E-state index contributed by atoms with van der Waals surface area (Å²) < 4.78 is 0. The summed E-state index contributed by atoms with van der Waals surface area (Å²) in [5.41, 5.74) is 6.08. The minimum absolute atomic E-state index is 0.244. The molecule has 4 heteroatoms. The number of guanidine groups is 1.